The second kappa shape index (κ2) is 7.67. The number of phenols is 1. The van der Waals surface area contributed by atoms with Crippen LogP contribution in [-0.4, -0.2) is 23.6 Å². The van der Waals surface area contributed by atoms with Crippen molar-refractivity contribution in [3.05, 3.63) is 70.2 Å². The molecule has 0 spiro atoms. The Morgan fingerprint density at radius 2 is 1.97 bits per heavy atom. The van der Waals surface area contributed by atoms with E-state index in [2.05, 4.69) is 27.8 Å². The van der Waals surface area contributed by atoms with Crippen LogP contribution in [0.4, 0.5) is 5.69 Å². The van der Waals surface area contributed by atoms with Crippen LogP contribution in [0.5, 0.6) is 5.75 Å². The largest absolute Gasteiger partial charge is 0.507 e. The first-order valence-electron chi connectivity index (χ1n) is 9.56. The molecule has 2 N–H and O–H groups in total. The molecule has 6 heteroatoms. The standard InChI is InChI=1S/C23H22BrNO4/c1-14-8-17-13-29-22(28)23(17,11-14)12-15-2-5-18(6-3-15)25-21(27)10-16-4-7-20(26)19(24)9-16/h2-7,9,17,26H,1,8,10-13H2,(H,25,27). The van der Waals surface area contributed by atoms with Gasteiger partial charge in [-0.05, 0) is 70.6 Å². The molecule has 2 fully saturated rings. The Morgan fingerprint density at radius 3 is 2.69 bits per heavy atom. The lowest BCUT2D eigenvalue weighted by Gasteiger charge is -2.24. The summed E-state index contributed by atoms with van der Waals surface area (Å²) in [5.41, 5.74) is 3.19. The van der Waals surface area contributed by atoms with Gasteiger partial charge < -0.3 is 15.2 Å². The molecule has 4 rings (SSSR count). The van der Waals surface area contributed by atoms with E-state index >= 15 is 0 Å². The van der Waals surface area contributed by atoms with E-state index < -0.39 is 5.41 Å². The molecule has 29 heavy (non-hydrogen) atoms. The first kappa shape index (κ1) is 19.7. The van der Waals surface area contributed by atoms with Crippen molar-refractivity contribution >= 4 is 33.5 Å². The number of halogens is 1. The molecular weight excluding hydrogens is 434 g/mol. The molecule has 1 aliphatic carbocycles. The SMILES string of the molecule is C=C1CC2COC(=O)C2(Cc2ccc(NC(=O)Cc3ccc(O)c(Br)c3)cc2)C1. The summed E-state index contributed by atoms with van der Waals surface area (Å²) in [6, 6.07) is 12.6. The smallest absolute Gasteiger partial charge is 0.313 e. The number of phenolic OH excluding ortho intramolecular Hbond substituents is 1. The summed E-state index contributed by atoms with van der Waals surface area (Å²) < 4.78 is 5.90. The number of esters is 1. The number of nitrogens with one attached hydrogen (secondary N) is 1. The van der Waals surface area contributed by atoms with Crippen LogP contribution in [0, 0.1) is 11.3 Å². The number of hydrogen-bond donors (Lipinski definition) is 2. The van der Waals surface area contributed by atoms with Crippen LogP contribution >= 0.6 is 15.9 Å². The maximum Gasteiger partial charge on any atom is 0.313 e. The average Bonchev–Trinajstić information content (AvgIpc) is 3.14. The van der Waals surface area contributed by atoms with E-state index in [4.69, 9.17) is 4.74 Å². The number of allylic oxidation sites excluding steroid dienone is 1. The summed E-state index contributed by atoms with van der Waals surface area (Å²) in [5.74, 6) is 0.106. The maximum atomic E-state index is 12.4. The third-order valence-corrected chi connectivity index (χ3v) is 6.47. The molecule has 1 saturated carbocycles. The molecule has 2 atom stereocenters. The van der Waals surface area contributed by atoms with E-state index in [1.807, 2.05) is 24.3 Å². The molecule has 2 unspecified atom stereocenters. The molecular formula is C23H22BrNO4. The molecule has 5 nitrogen and oxygen atoms in total. The van der Waals surface area contributed by atoms with E-state index in [1.165, 1.54) is 0 Å². The number of benzene rings is 2. The van der Waals surface area contributed by atoms with Gasteiger partial charge in [-0.1, -0.05) is 30.4 Å². The van der Waals surface area contributed by atoms with Crippen LogP contribution < -0.4 is 5.32 Å². The van der Waals surface area contributed by atoms with Crippen LogP contribution in [0.2, 0.25) is 0 Å². The Morgan fingerprint density at radius 1 is 1.24 bits per heavy atom. The molecule has 0 radical (unpaired) electrons. The second-order valence-corrected chi connectivity index (χ2v) is 8.82. The predicted octanol–water partition coefficient (Wildman–Crippen LogP) is 4.39. The predicted molar refractivity (Wildman–Crippen MR) is 114 cm³/mol. The van der Waals surface area contributed by atoms with Gasteiger partial charge in [0.05, 0.1) is 22.9 Å². The molecule has 150 valence electrons. The summed E-state index contributed by atoms with van der Waals surface area (Å²) in [7, 11) is 0. The summed E-state index contributed by atoms with van der Waals surface area (Å²) in [6.07, 6.45) is 2.38. The summed E-state index contributed by atoms with van der Waals surface area (Å²) in [5, 5.41) is 12.4. The van der Waals surface area contributed by atoms with E-state index in [-0.39, 0.29) is 30.0 Å². The van der Waals surface area contributed by atoms with Crippen LogP contribution in [0.25, 0.3) is 0 Å². The highest BCUT2D eigenvalue weighted by atomic mass is 79.9. The van der Waals surface area contributed by atoms with Crippen LogP contribution in [0.1, 0.15) is 24.0 Å². The van der Waals surface area contributed by atoms with E-state index in [0.29, 0.717) is 29.6 Å². The zero-order chi connectivity index (χ0) is 20.6. The Labute approximate surface area is 177 Å². The zero-order valence-electron chi connectivity index (χ0n) is 15.9. The minimum atomic E-state index is -0.478. The topological polar surface area (TPSA) is 75.6 Å². The Balaban J connectivity index is 1.40. The van der Waals surface area contributed by atoms with Crippen molar-refractivity contribution in [3.63, 3.8) is 0 Å². The summed E-state index contributed by atoms with van der Waals surface area (Å²) in [4.78, 5) is 24.7. The highest BCUT2D eigenvalue weighted by Gasteiger charge is 2.55. The molecule has 2 aliphatic rings. The number of anilines is 1. The zero-order valence-corrected chi connectivity index (χ0v) is 17.5. The number of rotatable bonds is 5. The highest BCUT2D eigenvalue weighted by Crippen LogP contribution is 2.52. The normalized spacial score (nSPS) is 23.0. The van der Waals surface area contributed by atoms with Gasteiger partial charge in [0.25, 0.3) is 0 Å². The van der Waals surface area contributed by atoms with Crippen molar-refractivity contribution in [2.24, 2.45) is 11.3 Å². The number of aromatic hydroxyl groups is 1. The third kappa shape index (κ3) is 3.94. The first-order chi connectivity index (χ1) is 13.9. The number of hydrogen-bond acceptors (Lipinski definition) is 4. The van der Waals surface area contributed by atoms with Gasteiger partial charge in [-0.15, -0.1) is 0 Å². The quantitative estimate of drug-likeness (QED) is 0.517. The van der Waals surface area contributed by atoms with Crippen molar-refractivity contribution in [3.8, 4) is 5.75 Å². The number of ether oxygens (including phenoxy) is 1. The van der Waals surface area contributed by atoms with Gasteiger partial charge >= 0.3 is 5.97 Å². The Kier molecular flexibility index (Phi) is 5.21. The van der Waals surface area contributed by atoms with Crippen molar-refractivity contribution < 1.29 is 19.4 Å². The van der Waals surface area contributed by atoms with Crippen LogP contribution in [-0.2, 0) is 27.2 Å². The molecule has 2 aromatic rings. The van der Waals surface area contributed by atoms with Crippen molar-refractivity contribution in [2.75, 3.05) is 11.9 Å². The first-order valence-corrected chi connectivity index (χ1v) is 10.3. The highest BCUT2D eigenvalue weighted by molar-refractivity contribution is 9.10. The van der Waals surface area contributed by atoms with Crippen LogP contribution in [0.3, 0.4) is 0 Å². The Hall–Kier alpha value is -2.60. The van der Waals surface area contributed by atoms with Gasteiger partial charge in [0.1, 0.15) is 5.75 Å². The van der Waals surface area contributed by atoms with Gasteiger partial charge in [-0.3, -0.25) is 9.59 Å². The fourth-order valence-electron chi connectivity index (χ4n) is 4.38. The fourth-order valence-corrected chi connectivity index (χ4v) is 4.81. The van der Waals surface area contributed by atoms with Crippen molar-refractivity contribution in [2.45, 2.75) is 25.7 Å². The van der Waals surface area contributed by atoms with E-state index in [9.17, 15) is 14.7 Å². The van der Waals surface area contributed by atoms with Gasteiger partial charge in [0.15, 0.2) is 0 Å². The average molecular weight is 456 g/mol. The van der Waals surface area contributed by atoms with E-state index in [0.717, 1.165) is 23.1 Å². The lowest BCUT2D eigenvalue weighted by molar-refractivity contribution is -0.146. The van der Waals surface area contributed by atoms with Crippen molar-refractivity contribution in [1.29, 1.82) is 0 Å². The maximum absolute atomic E-state index is 12.4. The second-order valence-electron chi connectivity index (χ2n) is 7.97. The minimum absolute atomic E-state index is 0.112. The molecule has 1 saturated heterocycles. The van der Waals surface area contributed by atoms with Crippen LogP contribution in [0.15, 0.2) is 59.1 Å². The van der Waals surface area contributed by atoms with Gasteiger partial charge in [0, 0.05) is 11.6 Å². The molecule has 1 aliphatic heterocycles. The molecule has 1 heterocycles. The summed E-state index contributed by atoms with van der Waals surface area (Å²) >= 11 is 3.25. The van der Waals surface area contributed by atoms with Crippen molar-refractivity contribution in [1.82, 2.24) is 0 Å². The summed E-state index contributed by atoms with van der Waals surface area (Å²) in [6.45, 7) is 4.56. The number of carbonyl (C=O) groups is 2. The molecule has 1 amide bonds. The molecule has 0 bridgehead atoms. The third-order valence-electron chi connectivity index (χ3n) is 5.84. The van der Waals surface area contributed by atoms with E-state index in [1.54, 1.807) is 18.2 Å². The number of fused-ring (bicyclic) bond motifs is 1. The molecule has 0 aromatic heterocycles. The number of carbonyl (C=O) groups excluding carboxylic acids is 2. The van der Waals surface area contributed by atoms with Gasteiger partial charge in [-0.2, -0.15) is 0 Å². The lowest BCUT2D eigenvalue weighted by Crippen LogP contribution is -2.31. The minimum Gasteiger partial charge on any atom is -0.507 e. The molecule has 2 aromatic carbocycles. The number of cyclic esters (lactones) is 1. The lowest BCUT2D eigenvalue weighted by atomic mass is 9.75. The van der Waals surface area contributed by atoms with Gasteiger partial charge in [0.2, 0.25) is 5.91 Å². The Bertz CT molecular complexity index is 985. The monoisotopic (exact) mass is 455 g/mol. The number of amides is 1. The van der Waals surface area contributed by atoms with Gasteiger partial charge in [-0.25, -0.2) is 0 Å². The fraction of sp³-hybridized carbons (Fsp3) is 0.304.